The van der Waals surface area contributed by atoms with E-state index in [9.17, 15) is 10.1 Å². The molecule has 0 spiro atoms. The van der Waals surface area contributed by atoms with Crippen LogP contribution in [0.15, 0.2) is 0 Å². The van der Waals surface area contributed by atoms with E-state index in [0.717, 1.165) is 24.1 Å². The zero-order chi connectivity index (χ0) is 13.8. The van der Waals surface area contributed by atoms with E-state index in [4.69, 9.17) is 0 Å². The van der Waals surface area contributed by atoms with Crippen LogP contribution in [-0.2, 0) is 17.6 Å². The van der Waals surface area contributed by atoms with Crippen LogP contribution >= 0.6 is 0 Å². The molecule has 2 heterocycles. The normalized spacial score (nSPS) is 17.9. The molecule has 1 aliphatic rings. The minimum atomic E-state index is -0.0221. The smallest absolute Gasteiger partial charge is 0.222 e. The summed E-state index contributed by atoms with van der Waals surface area (Å²) in [4.78, 5) is 11.2. The van der Waals surface area contributed by atoms with Crippen molar-refractivity contribution in [1.29, 1.82) is 5.26 Å². The Morgan fingerprint density at radius 1 is 1.42 bits per heavy atom. The highest BCUT2D eigenvalue weighted by Crippen LogP contribution is 2.21. The average Bonchev–Trinajstić information content (AvgIpc) is 2.83. The van der Waals surface area contributed by atoms with Gasteiger partial charge in [-0.25, -0.2) is 0 Å². The number of amides is 1. The summed E-state index contributed by atoms with van der Waals surface area (Å²) in [6, 6.07) is 2.18. The third-order valence-electron chi connectivity index (χ3n) is 3.28. The molecule has 1 aromatic rings. The molecule has 1 unspecified atom stereocenters. The van der Waals surface area contributed by atoms with Crippen molar-refractivity contribution in [2.45, 2.75) is 39.2 Å². The van der Waals surface area contributed by atoms with Gasteiger partial charge in [0.25, 0.3) is 0 Å². The van der Waals surface area contributed by atoms with Crippen LogP contribution in [-0.4, -0.2) is 28.7 Å². The van der Waals surface area contributed by atoms with Crippen LogP contribution in [0.5, 0.6) is 0 Å². The topological polar surface area (TPSA) is 90.7 Å². The Labute approximate surface area is 112 Å². The molecule has 2 N–H and O–H groups in total. The Balaban J connectivity index is 2.30. The molecule has 1 fully saturated rings. The summed E-state index contributed by atoms with van der Waals surface area (Å²) in [7, 11) is 0. The average molecular weight is 259 g/mol. The van der Waals surface area contributed by atoms with Gasteiger partial charge in [0.2, 0.25) is 5.91 Å². The summed E-state index contributed by atoms with van der Waals surface area (Å²) >= 11 is 0. The van der Waals surface area contributed by atoms with Crippen molar-refractivity contribution >= 4 is 11.7 Å². The van der Waals surface area contributed by atoms with Crippen LogP contribution in [0.1, 0.15) is 37.1 Å². The lowest BCUT2D eigenvalue weighted by molar-refractivity contribution is -0.119. The van der Waals surface area contributed by atoms with Gasteiger partial charge in [-0.15, -0.1) is 5.10 Å². The fourth-order valence-electron chi connectivity index (χ4n) is 2.29. The van der Waals surface area contributed by atoms with E-state index in [-0.39, 0.29) is 11.9 Å². The van der Waals surface area contributed by atoms with Crippen molar-refractivity contribution in [3.05, 3.63) is 16.8 Å². The zero-order valence-electron chi connectivity index (χ0n) is 11.2. The quantitative estimate of drug-likeness (QED) is 0.833. The van der Waals surface area contributed by atoms with Crippen LogP contribution < -0.4 is 10.6 Å². The number of carbonyl (C=O) groups excluding carboxylic acids is 1. The van der Waals surface area contributed by atoms with E-state index < -0.39 is 0 Å². The lowest BCUT2D eigenvalue weighted by Crippen LogP contribution is -2.24. The van der Waals surface area contributed by atoms with Crippen LogP contribution in [0.25, 0.3) is 0 Å². The van der Waals surface area contributed by atoms with Gasteiger partial charge < -0.3 is 10.6 Å². The van der Waals surface area contributed by atoms with Crippen molar-refractivity contribution in [3.63, 3.8) is 0 Å². The summed E-state index contributed by atoms with van der Waals surface area (Å²) < 4.78 is 0. The molecule has 19 heavy (non-hydrogen) atoms. The monoisotopic (exact) mass is 259 g/mol. The van der Waals surface area contributed by atoms with Gasteiger partial charge in [-0.2, -0.15) is 10.4 Å². The predicted octanol–water partition coefficient (Wildman–Crippen LogP) is 0.773. The van der Waals surface area contributed by atoms with Crippen molar-refractivity contribution in [3.8, 4) is 6.07 Å². The number of nitrogens with one attached hydrogen (secondary N) is 2. The molecular weight excluding hydrogens is 242 g/mol. The highest BCUT2D eigenvalue weighted by Gasteiger charge is 2.23. The summed E-state index contributed by atoms with van der Waals surface area (Å²) in [6.07, 6.45) is 1.91. The second kappa shape index (κ2) is 5.65. The molecule has 100 valence electrons. The van der Waals surface area contributed by atoms with Gasteiger partial charge in [-0.05, 0) is 18.4 Å². The minimum Gasteiger partial charge on any atom is -0.362 e. The van der Waals surface area contributed by atoms with Crippen LogP contribution in [0.2, 0.25) is 0 Å². The van der Waals surface area contributed by atoms with Crippen molar-refractivity contribution in [2.75, 3.05) is 11.9 Å². The van der Waals surface area contributed by atoms with E-state index in [0.29, 0.717) is 24.3 Å². The molecule has 6 heteroatoms. The Kier molecular flexibility index (Phi) is 3.95. The van der Waals surface area contributed by atoms with E-state index in [1.165, 1.54) is 0 Å². The van der Waals surface area contributed by atoms with Gasteiger partial charge in [0.05, 0.1) is 11.7 Å². The molecule has 1 saturated heterocycles. The third kappa shape index (κ3) is 2.65. The molecule has 0 saturated carbocycles. The molecule has 0 aromatic carbocycles. The standard InChI is InChI=1S/C13H17N5O/c1-3-9-10(6-14)13(18-17-11(9)4-2)16-8-5-12(19)15-7-8/h8H,3-5,7H2,1-2H3,(H,15,19)(H,16,18). The molecule has 1 atom stereocenters. The second-order valence-electron chi connectivity index (χ2n) is 4.52. The fraction of sp³-hybridized carbons (Fsp3) is 0.538. The first-order chi connectivity index (χ1) is 9.19. The predicted molar refractivity (Wildman–Crippen MR) is 70.5 cm³/mol. The molecule has 0 bridgehead atoms. The van der Waals surface area contributed by atoms with Gasteiger partial charge in [0.1, 0.15) is 11.6 Å². The molecule has 6 nitrogen and oxygen atoms in total. The van der Waals surface area contributed by atoms with E-state index in [1.807, 2.05) is 13.8 Å². The van der Waals surface area contributed by atoms with Gasteiger partial charge in [-0.3, -0.25) is 4.79 Å². The van der Waals surface area contributed by atoms with E-state index in [1.54, 1.807) is 0 Å². The Morgan fingerprint density at radius 2 is 2.21 bits per heavy atom. The van der Waals surface area contributed by atoms with Gasteiger partial charge in [0, 0.05) is 13.0 Å². The van der Waals surface area contributed by atoms with Crippen LogP contribution in [0, 0.1) is 11.3 Å². The maximum absolute atomic E-state index is 11.2. The Bertz CT molecular complexity index is 535. The second-order valence-corrected chi connectivity index (χ2v) is 4.52. The highest BCUT2D eigenvalue weighted by molar-refractivity contribution is 5.79. The van der Waals surface area contributed by atoms with E-state index >= 15 is 0 Å². The minimum absolute atomic E-state index is 0.0184. The molecule has 2 rings (SSSR count). The maximum Gasteiger partial charge on any atom is 0.222 e. The molecule has 0 radical (unpaired) electrons. The van der Waals surface area contributed by atoms with Crippen molar-refractivity contribution in [2.24, 2.45) is 0 Å². The summed E-state index contributed by atoms with van der Waals surface area (Å²) in [5.41, 5.74) is 2.36. The number of rotatable bonds is 4. The number of carbonyl (C=O) groups is 1. The molecular formula is C13H17N5O. The number of nitriles is 1. The van der Waals surface area contributed by atoms with Gasteiger partial charge in [0.15, 0.2) is 5.82 Å². The lowest BCUT2D eigenvalue weighted by Gasteiger charge is -2.15. The first-order valence-electron chi connectivity index (χ1n) is 6.51. The maximum atomic E-state index is 11.2. The number of anilines is 1. The van der Waals surface area contributed by atoms with Crippen molar-refractivity contribution < 1.29 is 4.79 Å². The SMILES string of the molecule is CCc1nnc(NC2CNC(=O)C2)c(C#N)c1CC. The molecule has 0 aliphatic carbocycles. The van der Waals surface area contributed by atoms with E-state index in [2.05, 4.69) is 26.9 Å². The number of hydrogen-bond donors (Lipinski definition) is 2. The number of aromatic nitrogens is 2. The summed E-state index contributed by atoms with van der Waals surface area (Å²) in [6.45, 7) is 4.56. The van der Waals surface area contributed by atoms with Gasteiger partial charge >= 0.3 is 0 Å². The first-order valence-corrected chi connectivity index (χ1v) is 6.51. The third-order valence-corrected chi connectivity index (χ3v) is 3.28. The zero-order valence-corrected chi connectivity index (χ0v) is 11.2. The summed E-state index contributed by atoms with van der Waals surface area (Å²) in [5, 5.41) is 23.5. The first kappa shape index (κ1) is 13.3. The van der Waals surface area contributed by atoms with Crippen molar-refractivity contribution in [1.82, 2.24) is 15.5 Å². The fourth-order valence-corrected chi connectivity index (χ4v) is 2.29. The Morgan fingerprint density at radius 3 is 2.74 bits per heavy atom. The number of hydrogen-bond acceptors (Lipinski definition) is 5. The number of aryl methyl sites for hydroxylation is 1. The largest absolute Gasteiger partial charge is 0.362 e. The van der Waals surface area contributed by atoms with Crippen LogP contribution in [0.3, 0.4) is 0 Å². The molecule has 1 aromatic heterocycles. The Hall–Kier alpha value is -2.16. The number of nitrogens with zero attached hydrogens (tertiary/aromatic N) is 3. The summed E-state index contributed by atoms with van der Waals surface area (Å²) in [5.74, 6) is 0.503. The van der Waals surface area contributed by atoms with Gasteiger partial charge in [-0.1, -0.05) is 13.8 Å². The lowest BCUT2D eigenvalue weighted by atomic mass is 10.0. The molecule has 1 amide bonds. The van der Waals surface area contributed by atoms with Crippen LogP contribution in [0.4, 0.5) is 5.82 Å². The highest BCUT2D eigenvalue weighted by atomic mass is 16.1. The molecule has 1 aliphatic heterocycles.